The summed E-state index contributed by atoms with van der Waals surface area (Å²) in [4.78, 5) is 15.8. The topological polar surface area (TPSA) is 74.8 Å². The van der Waals surface area contributed by atoms with Crippen LogP contribution in [0.4, 0.5) is 4.79 Å². The van der Waals surface area contributed by atoms with Gasteiger partial charge in [-0.15, -0.1) is 24.0 Å². The molecule has 142 valence electrons. The molecule has 0 aliphatic heterocycles. The molecular formula is C17H35IN4O2. The van der Waals surface area contributed by atoms with E-state index in [4.69, 9.17) is 4.74 Å². The minimum atomic E-state index is -0.466. The molecule has 6 nitrogen and oxygen atoms in total. The number of guanidine groups is 1. The molecule has 0 bridgehead atoms. The normalized spacial score (nSPS) is 21.5. The summed E-state index contributed by atoms with van der Waals surface area (Å²) >= 11 is 0. The molecule has 0 aromatic carbocycles. The van der Waals surface area contributed by atoms with Crippen molar-refractivity contribution in [2.45, 2.75) is 59.0 Å². The largest absolute Gasteiger partial charge is 0.444 e. The van der Waals surface area contributed by atoms with Gasteiger partial charge in [-0.1, -0.05) is 26.2 Å². The second-order valence-corrected chi connectivity index (χ2v) is 7.33. The molecule has 1 fully saturated rings. The van der Waals surface area contributed by atoms with E-state index in [0.717, 1.165) is 24.3 Å². The molecule has 0 aromatic heterocycles. The van der Waals surface area contributed by atoms with Crippen LogP contribution in [0.1, 0.15) is 53.4 Å². The molecule has 0 aromatic rings. The molecule has 1 aliphatic rings. The van der Waals surface area contributed by atoms with E-state index in [2.05, 4.69) is 27.9 Å². The van der Waals surface area contributed by atoms with Gasteiger partial charge >= 0.3 is 6.09 Å². The van der Waals surface area contributed by atoms with Crippen molar-refractivity contribution in [1.29, 1.82) is 0 Å². The Balaban J connectivity index is 0.00000529. The SMILES string of the molecule is CN=C(NCCNC(=O)OC(C)(C)C)NCC1CCCCC1C.I. The van der Waals surface area contributed by atoms with Gasteiger partial charge in [-0.25, -0.2) is 4.79 Å². The quantitative estimate of drug-likeness (QED) is 0.258. The predicted molar refractivity (Wildman–Crippen MR) is 110 cm³/mol. The van der Waals surface area contributed by atoms with E-state index in [1.165, 1.54) is 25.7 Å². The van der Waals surface area contributed by atoms with Crippen LogP contribution in [0, 0.1) is 11.8 Å². The summed E-state index contributed by atoms with van der Waals surface area (Å²) in [6.07, 6.45) is 4.94. The Kier molecular flexibility index (Phi) is 11.4. The smallest absolute Gasteiger partial charge is 0.407 e. The van der Waals surface area contributed by atoms with Gasteiger partial charge in [0.1, 0.15) is 5.60 Å². The molecule has 0 radical (unpaired) electrons. The average Bonchev–Trinajstić information content (AvgIpc) is 2.46. The van der Waals surface area contributed by atoms with Crippen molar-refractivity contribution in [3.63, 3.8) is 0 Å². The van der Waals surface area contributed by atoms with Crippen LogP contribution in [-0.2, 0) is 4.74 Å². The third-order valence-corrected chi connectivity index (χ3v) is 4.13. The van der Waals surface area contributed by atoms with Gasteiger partial charge in [0.2, 0.25) is 0 Å². The van der Waals surface area contributed by atoms with E-state index < -0.39 is 11.7 Å². The molecule has 0 saturated heterocycles. The first kappa shape index (κ1) is 23.3. The highest BCUT2D eigenvalue weighted by atomic mass is 127. The zero-order valence-electron chi connectivity index (χ0n) is 15.8. The summed E-state index contributed by atoms with van der Waals surface area (Å²) in [7, 11) is 1.76. The zero-order valence-corrected chi connectivity index (χ0v) is 18.1. The second kappa shape index (κ2) is 11.8. The van der Waals surface area contributed by atoms with Gasteiger partial charge in [0, 0.05) is 26.7 Å². The van der Waals surface area contributed by atoms with Gasteiger partial charge in [0.15, 0.2) is 5.96 Å². The Morgan fingerprint density at radius 1 is 1.12 bits per heavy atom. The van der Waals surface area contributed by atoms with Crippen LogP contribution < -0.4 is 16.0 Å². The number of rotatable bonds is 5. The molecule has 2 unspecified atom stereocenters. The first-order chi connectivity index (χ1) is 10.8. The number of aliphatic imine (C=N–C) groups is 1. The molecule has 1 rings (SSSR count). The number of nitrogens with one attached hydrogen (secondary N) is 3. The van der Waals surface area contributed by atoms with E-state index >= 15 is 0 Å². The number of nitrogens with zero attached hydrogens (tertiary/aromatic N) is 1. The van der Waals surface area contributed by atoms with Crippen molar-refractivity contribution >= 4 is 36.0 Å². The highest BCUT2D eigenvalue weighted by Gasteiger charge is 2.21. The molecule has 7 heteroatoms. The summed E-state index contributed by atoms with van der Waals surface area (Å²) in [6, 6.07) is 0. The van der Waals surface area contributed by atoms with E-state index in [1.54, 1.807) is 7.05 Å². The maximum Gasteiger partial charge on any atom is 0.407 e. The molecule has 1 aliphatic carbocycles. The third-order valence-electron chi connectivity index (χ3n) is 4.13. The molecular weight excluding hydrogens is 419 g/mol. The van der Waals surface area contributed by atoms with Gasteiger partial charge in [-0.05, 0) is 39.0 Å². The zero-order chi connectivity index (χ0) is 17.3. The van der Waals surface area contributed by atoms with Gasteiger partial charge < -0.3 is 20.7 Å². The average molecular weight is 454 g/mol. The summed E-state index contributed by atoms with van der Waals surface area (Å²) in [6.45, 7) is 9.95. The molecule has 1 amide bonds. The van der Waals surface area contributed by atoms with Crippen molar-refractivity contribution < 1.29 is 9.53 Å². The van der Waals surface area contributed by atoms with E-state index in [0.29, 0.717) is 13.1 Å². The first-order valence-corrected chi connectivity index (χ1v) is 8.73. The van der Waals surface area contributed by atoms with Crippen LogP contribution in [-0.4, -0.2) is 44.3 Å². The predicted octanol–water partition coefficient (Wildman–Crippen LogP) is 3.12. The van der Waals surface area contributed by atoms with Gasteiger partial charge in [-0.3, -0.25) is 4.99 Å². The standard InChI is InChI=1S/C17H34N4O2.HI/c1-13-8-6-7-9-14(13)12-21-15(18-5)19-10-11-20-16(22)23-17(2,3)4;/h13-14H,6-12H2,1-5H3,(H,20,22)(H2,18,19,21);1H. The van der Waals surface area contributed by atoms with Crippen molar-refractivity contribution in [3.05, 3.63) is 0 Å². The lowest BCUT2D eigenvalue weighted by molar-refractivity contribution is 0.0529. The number of hydrogen-bond donors (Lipinski definition) is 3. The van der Waals surface area contributed by atoms with Gasteiger partial charge in [-0.2, -0.15) is 0 Å². The van der Waals surface area contributed by atoms with Crippen LogP contribution >= 0.6 is 24.0 Å². The van der Waals surface area contributed by atoms with E-state index in [-0.39, 0.29) is 24.0 Å². The van der Waals surface area contributed by atoms with Crippen molar-refractivity contribution in [2.24, 2.45) is 16.8 Å². The lowest BCUT2D eigenvalue weighted by Crippen LogP contribution is -2.44. The lowest BCUT2D eigenvalue weighted by Gasteiger charge is -2.29. The third kappa shape index (κ3) is 10.2. The molecule has 24 heavy (non-hydrogen) atoms. The molecule has 2 atom stereocenters. The van der Waals surface area contributed by atoms with Crippen molar-refractivity contribution in [2.75, 3.05) is 26.7 Å². The molecule has 0 heterocycles. The van der Waals surface area contributed by atoms with E-state index in [9.17, 15) is 4.79 Å². The Labute approximate surface area is 164 Å². The number of alkyl carbamates (subject to hydrolysis) is 1. The number of halogens is 1. The second-order valence-electron chi connectivity index (χ2n) is 7.33. The number of carbonyl (C=O) groups excluding carboxylic acids is 1. The van der Waals surface area contributed by atoms with Crippen LogP contribution in [0.3, 0.4) is 0 Å². The van der Waals surface area contributed by atoms with Crippen molar-refractivity contribution in [1.82, 2.24) is 16.0 Å². The fourth-order valence-corrected chi connectivity index (χ4v) is 2.80. The fraction of sp³-hybridized carbons (Fsp3) is 0.882. The summed E-state index contributed by atoms with van der Waals surface area (Å²) in [5.74, 6) is 2.29. The molecule has 1 saturated carbocycles. The molecule has 0 spiro atoms. The Morgan fingerprint density at radius 3 is 2.33 bits per heavy atom. The van der Waals surface area contributed by atoms with Crippen LogP contribution in [0.2, 0.25) is 0 Å². The van der Waals surface area contributed by atoms with Crippen LogP contribution in [0.15, 0.2) is 4.99 Å². The minimum absolute atomic E-state index is 0. The lowest BCUT2D eigenvalue weighted by atomic mass is 9.80. The highest BCUT2D eigenvalue weighted by Crippen LogP contribution is 2.28. The number of hydrogen-bond acceptors (Lipinski definition) is 3. The van der Waals surface area contributed by atoms with Crippen molar-refractivity contribution in [3.8, 4) is 0 Å². The maximum atomic E-state index is 11.5. The van der Waals surface area contributed by atoms with Gasteiger partial charge in [0.05, 0.1) is 0 Å². The first-order valence-electron chi connectivity index (χ1n) is 8.73. The highest BCUT2D eigenvalue weighted by molar-refractivity contribution is 14.0. The van der Waals surface area contributed by atoms with E-state index in [1.807, 2.05) is 20.8 Å². The monoisotopic (exact) mass is 454 g/mol. The fourth-order valence-electron chi connectivity index (χ4n) is 2.80. The van der Waals surface area contributed by atoms with Gasteiger partial charge in [0.25, 0.3) is 0 Å². The number of ether oxygens (including phenoxy) is 1. The number of amides is 1. The summed E-state index contributed by atoms with van der Waals surface area (Å²) in [5.41, 5.74) is -0.466. The summed E-state index contributed by atoms with van der Waals surface area (Å²) in [5, 5.41) is 9.33. The van der Waals surface area contributed by atoms with Crippen LogP contribution in [0.25, 0.3) is 0 Å². The molecule has 3 N–H and O–H groups in total. The summed E-state index contributed by atoms with van der Waals surface area (Å²) < 4.78 is 5.19. The maximum absolute atomic E-state index is 11.5. The Hall–Kier alpha value is -0.730. The number of carbonyl (C=O) groups is 1. The Bertz CT molecular complexity index is 397. The Morgan fingerprint density at radius 2 is 1.75 bits per heavy atom. The van der Waals surface area contributed by atoms with Crippen LogP contribution in [0.5, 0.6) is 0 Å². The minimum Gasteiger partial charge on any atom is -0.444 e.